The monoisotopic (exact) mass is 271 g/mol. The summed E-state index contributed by atoms with van der Waals surface area (Å²) in [5.41, 5.74) is 10.9. The number of amides is 2. The number of anilines is 1. The molecule has 0 aliphatic heterocycles. The van der Waals surface area contributed by atoms with E-state index in [4.69, 9.17) is 27.8 Å². The van der Waals surface area contributed by atoms with Crippen LogP contribution in [0.4, 0.5) is 5.69 Å². The molecule has 18 heavy (non-hydrogen) atoms. The van der Waals surface area contributed by atoms with Crippen LogP contribution in [-0.2, 0) is 9.53 Å². The number of carbonyl (C=O) groups is 2. The predicted octanol–water partition coefficient (Wildman–Crippen LogP) is 0.353. The van der Waals surface area contributed by atoms with Crippen molar-refractivity contribution in [1.29, 1.82) is 0 Å². The van der Waals surface area contributed by atoms with E-state index in [1.165, 1.54) is 12.1 Å². The van der Waals surface area contributed by atoms with Crippen LogP contribution in [0.5, 0.6) is 0 Å². The lowest BCUT2D eigenvalue weighted by atomic mass is 10.2. The molecule has 0 saturated carbocycles. The van der Waals surface area contributed by atoms with Gasteiger partial charge in [0.05, 0.1) is 17.2 Å². The van der Waals surface area contributed by atoms with Gasteiger partial charge in [0.2, 0.25) is 11.8 Å². The summed E-state index contributed by atoms with van der Waals surface area (Å²) in [4.78, 5) is 22.5. The van der Waals surface area contributed by atoms with E-state index >= 15 is 0 Å². The number of halogens is 1. The molecule has 2 amide bonds. The van der Waals surface area contributed by atoms with Crippen LogP contribution in [0.1, 0.15) is 10.4 Å². The maximum Gasteiger partial charge on any atom is 0.250 e. The Morgan fingerprint density at radius 2 is 2.11 bits per heavy atom. The highest BCUT2D eigenvalue weighted by atomic mass is 35.5. The van der Waals surface area contributed by atoms with Crippen LogP contribution in [0.2, 0.25) is 5.02 Å². The van der Waals surface area contributed by atoms with Crippen molar-refractivity contribution in [3.8, 4) is 0 Å². The van der Waals surface area contributed by atoms with Crippen molar-refractivity contribution < 1.29 is 14.3 Å². The van der Waals surface area contributed by atoms with Gasteiger partial charge >= 0.3 is 0 Å². The third-order valence-corrected chi connectivity index (χ3v) is 2.34. The first-order chi connectivity index (χ1) is 8.54. The topological polar surface area (TPSA) is 107 Å². The summed E-state index contributed by atoms with van der Waals surface area (Å²) in [6.07, 6.45) is 0. The Labute approximate surface area is 109 Å². The Hall–Kier alpha value is -1.63. The highest BCUT2D eigenvalue weighted by Crippen LogP contribution is 2.20. The Balaban J connectivity index is 2.65. The number of rotatable bonds is 6. The number of primary amides is 1. The molecule has 0 bridgehead atoms. The molecule has 0 fully saturated rings. The van der Waals surface area contributed by atoms with Crippen molar-refractivity contribution >= 4 is 29.1 Å². The zero-order chi connectivity index (χ0) is 13.5. The number of benzene rings is 1. The van der Waals surface area contributed by atoms with E-state index in [1.54, 1.807) is 6.07 Å². The van der Waals surface area contributed by atoms with Crippen LogP contribution in [0, 0.1) is 0 Å². The highest BCUT2D eigenvalue weighted by Gasteiger charge is 2.09. The molecule has 6 nitrogen and oxygen atoms in total. The van der Waals surface area contributed by atoms with Crippen molar-refractivity contribution in [3.63, 3.8) is 0 Å². The Bertz CT molecular complexity index is 451. The molecular formula is C11H14ClN3O3. The van der Waals surface area contributed by atoms with Gasteiger partial charge in [-0.3, -0.25) is 9.59 Å². The van der Waals surface area contributed by atoms with Gasteiger partial charge in [-0.25, -0.2) is 0 Å². The van der Waals surface area contributed by atoms with Crippen molar-refractivity contribution in [1.82, 2.24) is 0 Å². The fourth-order valence-corrected chi connectivity index (χ4v) is 1.45. The second-order valence-electron chi connectivity index (χ2n) is 3.45. The number of nitrogens with two attached hydrogens (primary N) is 2. The SMILES string of the molecule is NCCOCC(=O)Nc1ccc(Cl)c(C(N)=O)c1. The lowest BCUT2D eigenvalue weighted by Gasteiger charge is -2.07. The maximum absolute atomic E-state index is 11.4. The second kappa shape index (κ2) is 6.95. The van der Waals surface area contributed by atoms with Gasteiger partial charge in [-0.1, -0.05) is 11.6 Å². The Morgan fingerprint density at radius 1 is 1.39 bits per heavy atom. The zero-order valence-electron chi connectivity index (χ0n) is 9.61. The molecule has 0 radical (unpaired) electrons. The quantitative estimate of drug-likeness (QED) is 0.649. The van der Waals surface area contributed by atoms with Crippen LogP contribution in [-0.4, -0.2) is 31.6 Å². The van der Waals surface area contributed by atoms with Crippen LogP contribution in [0.15, 0.2) is 18.2 Å². The minimum absolute atomic E-state index is 0.105. The Kier molecular flexibility index (Phi) is 5.57. The van der Waals surface area contributed by atoms with Crippen molar-refractivity contribution in [2.75, 3.05) is 25.1 Å². The normalized spacial score (nSPS) is 10.1. The molecule has 7 heteroatoms. The maximum atomic E-state index is 11.4. The van der Waals surface area contributed by atoms with Gasteiger partial charge in [-0.15, -0.1) is 0 Å². The van der Waals surface area contributed by atoms with E-state index in [-0.39, 0.29) is 23.1 Å². The van der Waals surface area contributed by atoms with Crippen molar-refractivity contribution in [2.45, 2.75) is 0 Å². The van der Waals surface area contributed by atoms with Gasteiger partial charge < -0.3 is 21.5 Å². The molecule has 0 saturated heterocycles. The van der Waals surface area contributed by atoms with E-state index < -0.39 is 5.91 Å². The molecule has 0 unspecified atom stereocenters. The number of hydrogen-bond acceptors (Lipinski definition) is 4. The van der Waals surface area contributed by atoms with Gasteiger partial charge in [-0.05, 0) is 18.2 Å². The van der Waals surface area contributed by atoms with Gasteiger partial charge in [0.1, 0.15) is 6.61 Å². The first-order valence-electron chi connectivity index (χ1n) is 5.21. The molecule has 1 aromatic rings. The fourth-order valence-electron chi connectivity index (χ4n) is 1.24. The standard InChI is InChI=1S/C11H14ClN3O3/c12-9-2-1-7(5-8(9)11(14)17)15-10(16)6-18-4-3-13/h1-2,5H,3-4,6,13H2,(H2,14,17)(H,15,16). The molecular weight excluding hydrogens is 258 g/mol. The van der Waals surface area contributed by atoms with E-state index in [0.29, 0.717) is 18.8 Å². The largest absolute Gasteiger partial charge is 0.370 e. The number of nitrogens with one attached hydrogen (secondary N) is 1. The summed E-state index contributed by atoms with van der Waals surface area (Å²) < 4.78 is 4.96. The third kappa shape index (κ3) is 4.33. The molecule has 0 heterocycles. The average Bonchev–Trinajstić information content (AvgIpc) is 2.31. The molecule has 0 aliphatic carbocycles. The number of hydrogen-bond donors (Lipinski definition) is 3. The van der Waals surface area contributed by atoms with Gasteiger partial charge in [0.25, 0.3) is 0 Å². The molecule has 98 valence electrons. The molecule has 0 spiro atoms. The summed E-state index contributed by atoms with van der Waals surface area (Å²) in [5.74, 6) is -1.00. The molecule has 5 N–H and O–H groups in total. The molecule has 0 aliphatic rings. The number of carbonyl (C=O) groups excluding carboxylic acids is 2. The average molecular weight is 272 g/mol. The van der Waals surface area contributed by atoms with E-state index in [0.717, 1.165) is 0 Å². The highest BCUT2D eigenvalue weighted by molar-refractivity contribution is 6.33. The zero-order valence-corrected chi connectivity index (χ0v) is 10.4. The van der Waals surface area contributed by atoms with E-state index in [9.17, 15) is 9.59 Å². The summed E-state index contributed by atoms with van der Waals surface area (Å²) in [6, 6.07) is 4.46. The summed E-state index contributed by atoms with van der Waals surface area (Å²) >= 11 is 5.78. The van der Waals surface area contributed by atoms with E-state index in [2.05, 4.69) is 5.32 Å². The summed E-state index contributed by atoms with van der Waals surface area (Å²) in [5, 5.41) is 2.79. The number of ether oxygens (including phenoxy) is 1. The molecule has 0 atom stereocenters. The first kappa shape index (κ1) is 14.4. The third-order valence-electron chi connectivity index (χ3n) is 2.01. The van der Waals surface area contributed by atoms with Crippen LogP contribution >= 0.6 is 11.6 Å². The molecule has 1 rings (SSSR count). The predicted molar refractivity (Wildman–Crippen MR) is 68.5 cm³/mol. The van der Waals surface area contributed by atoms with Gasteiger partial charge in [0, 0.05) is 12.2 Å². The lowest BCUT2D eigenvalue weighted by molar-refractivity contribution is -0.120. The van der Waals surface area contributed by atoms with Crippen LogP contribution in [0.3, 0.4) is 0 Å². The minimum Gasteiger partial charge on any atom is -0.370 e. The first-order valence-corrected chi connectivity index (χ1v) is 5.59. The molecule has 0 aromatic heterocycles. The summed E-state index contributed by atoms with van der Waals surface area (Å²) in [6.45, 7) is 0.548. The van der Waals surface area contributed by atoms with Crippen LogP contribution in [0.25, 0.3) is 0 Å². The Morgan fingerprint density at radius 3 is 2.72 bits per heavy atom. The van der Waals surface area contributed by atoms with Gasteiger partial charge in [0.15, 0.2) is 0 Å². The second-order valence-corrected chi connectivity index (χ2v) is 3.86. The fraction of sp³-hybridized carbons (Fsp3) is 0.273. The van der Waals surface area contributed by atoms with Crippen LogP contribution < -0.4 is 16.8 Å². The minimum atomic E-state index is -0.657. The molecule has 1 aromatic carbocycles. The van der Waals surface area contributed by atoms with Crippen molar-refractivity contribution in [2.24, 2.45) is 11.5 Å². The van der Waals surface area contributed by atoms with Gasteiger partial charge in [-0.2, -0.15) is 0 Å². The summed E-state index contributed by atoms with van der Waals surface area (Å²) in [7, 11) is 0. The lowest BCUT2D eigenvalue weighted by Crippen LogP contribution is -2.21. The van der Waals surface area contributed by atoms with Crippen molar-refractivity contribution in [3.05, 3.63) is 28.8 Å². The van der Waals surface area contributed by atoms with E-state index in [1.807, 2.05) is 0 Å². The smallest absolute Gasteiger partial charge is 0.250 e.